The average molecular weight is 280 g/mol. The van der Waals surface area contributed by atoms with Gasteiger partial charge in [-0.15, -0.1) is 0 Å². The lowest BCUT2D eigenvalue weighted by Crippen LogP contribution is -2.19. The summed E-state index contributed by atoms with van der Waals surface area (Å²) in [6.45, 7) is 5.28. The molecule has 0 aliphatic rings. The molecule has 0 aliphatic carbocycles. The molecule has 2 aromatic carbocycles. The predicted octanol–water partition coefficient (Wildman–Crippen LogP) is 4.41. The van der Waals surface area contributed by atoms with Gasteiger partial charge in [0.15, 0.2) is 0 Å². The Labute approximate surface area is 126 Å². The molecule has 2 rings (SSSR count). The molecule has 0 spiro atoms. The summed E-state index contributed by atoms with van der Waals surface area (Å²) in [7, 11) is 0. The number of ether oxygens (including phenoxy) is 1. The summed E-state index contributed by atoms with van der Waals surface area (Å²) >= 11 is 0. The highest BCUT2D eigenvalue weighted by Crippen LogP contribution is 2.26. The van der Waals surface area contributed by atoms with Crippen LogP contribution in [0.2, 0.25) is 0 Å². The van der Waals surface area contributed by atoms with Crippen molar-refractivity contribution in [1.29, 1.82) is 5.26 Å². The molecule has 0 saturated heterocycles. The predicted molar refractivity (Wildman–Crippen MR) is 84.4 cm³/mol. The maximum atomic E-state index is 9.10. The fourth-order valence-corrected chi connectivity index (χ4v) is 2.10. The summed E-state index contributed by atoms with van der Waals surface area (Å²) < 4.78 is 5.85. The lowest BCUT2D eigenvalue weighted by Gasteiger charge is -2.15. The van der Waals surface area contributed by atoms with E-state index in [1.165, 1.54) is 5.56 Å². The van der Waals surface area contributed by atoms with Crippen molar-refractivity contribution in [2.75, 3.05) is 6.54 Å². The van der Waals surface area contributed by atoms with Gasteiger partial charge in [0.2, 0.25) is 0 Å². The van der Waals surface area contributed by atoms with Gasteiger partial charge in [-0.05, 0) is 49.7 Å². The summed E-state index contributed by atoms with van der Waals surface area (Å²) in [5.41, 5.74) is 1.72. The highest BCUT2D eigenvalue weighted by atomic mass is 16.5. The smallest absolute Gasteiger partial charge is 0.145 e. The fraction of sp³-hybridized carbons (Fsp3) is 0.278. The number of benzene rings is 2. The molecular formula is C18H20N2O. The normalized spacial score (nSPS) is 11.7. The first-order valence-corrected chi connectivity index (χ1v) is 7.25. The molecule has 0 aliphatic heterocycles. The van der Waals surface area contributed by atoms with Crippen molar-refractivity contribution < 1.29 is 4.74 Å². The maximum absolute atomic E-state index is 9.10. The Balaban J connectivity index is 2.16. The van der Waals surface area contributed by atoms with E-state index in [1.807, 2.05) is 36.4 Å². The second-order valence-electron chi connectivity index (χ2n) is 4.96. The molecule has 2 aromatic rings. The minimum Gasteiger partial charge on any atom is -0.456 e. The molecule has 0 amide bonds. The van der Waals surface area contributed by atoms with Gasteiger partial charge in [0.05, 0.1) is 5.56 Å². The zero-order valence-corrected chi connectivity index (χ0v) is 12.5. The molecule has 0 aromatic heterocycles. The quantitative estimate of drug-likeness (QED) is 0.852. The molecule has 108 valence electrons. The highest BCUT2D eigenvalue weighted by Gasteiger charge is 2.07. The van der Waals surface area contributed by atoms with Crippen LogP contribution in [0.25, 0.3) is 0 Å². The van der Waals surface area contributed by atoms with Crippen molar-refractivity contribution >= 4 is 0 Å². The van der Waals surface area contributed by atoms with E-state index < -0.39 is 0 Å². The van der Waals surface area contributed by atoms with Crippen LogP contribution in [0.3, 0.4) is 0 Å². The Morgan fingerprint density at radius 3 is 2.76 bits per heavy atom. The van der Waals surface area contributed by atoms with Crippen molar-refractivity contribution in [3.63, 3.8) is 0 Å². The molecule has 0 fully saturated rings. The van der Waals surface area contributed by atoms with Crippen LogP contribution >= 0.6 is 0 Å². The van der Waals surface area contributed by atoms with Gasteiger partial charge in [0.25, 0.3) is 0 Å². The average Bonchev–Trinajstić information content (AvgIpc) is 2.53. The first-order valence-electron chi connectivity index (χ1n) is 7.25. The van der Waals surface area contributed by atoms with E-state index in [4.69, 9.17) is 10.00 Å². The van der Waals surface area contributed by atoms with E-state index in [-0.39, 0.29) is 6.04 Å². The molecule has 0 bridgehead atoms. The zero-order valence-electron chi connectivity index (χ0n) is 12.5. The summed E-state index contributed by atoms with van der Waals surface area (Å²) in [5.74, 6) is 1.34. The molecule has 0 heterocycles. The van der Waals surface area contributed by atoms with Crippen LogP contribution in [0.1, 0.15) is 37.4 Å². The zero-order chi connectivity index (χ0) is 15.1. The number of hydrogen-bond acceptors (Lipinski definition) is 3. The molecule has 3 nitrogen and oxygen atoms in total. The minimum atomic E-state index is 0.278. The Kier molecular flexibility index (Phi) is 5.36. The van der Waals surface area contributed by atoms with Gasteiger partial charge in [-0.2, -0.15) is 5.26 Å². The van der Waals surface area contributed by atoms with Crippen molar-refractivity contribution in [3.05, 3.63) is 59.7 Å². The highest BCUT2D eigenvalue weighted by molar-refractivity contribution is 5.45. The second kappa shape index (κ2) is 7.47. The summed E-state index contributed by atoms with van der Waals surface area (Å²) in [6.07, 6.45) is 1.11. The number of nitrogens with one attached hydrogen (secondary N) is 1. The van der Waals surface area contributed by atoms with Crippen LogP contribution in [-0.2, 0) is 0 Å². The topological polar surface area (TPSA) is 45.0 Å². The van der Waals surface area contributed by atoms with E-state index in [1.54, 1.807) is 6.07 Å². The molecule has 0 radical (unpaired) electrons. The van der Waals surface area contributed by atoms with E-state index in [0.717, 1.165) is 18.7 Å². The molecule has 1 atom stereocenters. The van der Waals surface area contributed by atoms with E-state index in [0.29, 0.717) is 11.3 Å². The molecule has 0 saturated carbocycles. The standard InChI is InChI=1S/C18H20N2O/c1-3-11-20-14(2)15-8-6-9-17(12-15)21-18-10-5-4-7-16(18)13-19/h4-10,12,14,20H,3,11H2,1-2H3. The van der Waals surface area contributed by atoms with Crippen LogP contribution in [0.4, 0.5) is 0 Å². The Hall–Kier alpha value is -2.31. The largest absolute Gasteiger partial charge is 0.456 e. The lowest BCUT2D eigenvalue weighted by molar-refractivity contribution is 0.478. The van der Waals surface area contributed by atoms with Gasteiger partial charge in [0, 0.05) is 6.04 Å². The Morgan fingerprint density at radius 2 is 2.00 bits per heavy atom. The molecular weight excluding hydrogens is 260 g/mol. The fourth-order valence-electron chi connectivity index (χ4n) is 2.10. The third-order valence-electron chi connectivity index (χ3n) is 3.29. The third-order valence-corrected chi connectivity index (χ3v) is 3.29. The summed E-state index contributed by atoms with van der Waals surface area (Å²) in [4.78, 5) is 0. The molecule has 21 heavy (non-hydrogen) atoms. The van der Waals surface area contributed by atoms with Gasteiger partial charge in [-0.1, -0.05) is 31.2 Å². The van der Waals surface area contributed by atoms with Crippen LogP contribution in [0.5, 0.6) is 11.5 Å². The van der Waals surface area contributed by atoms with Crippen LogP contribution < -0.4 is 10.1 Å². The SMILES string of the molecule is CCCNC(C)c1cccc(Oc2ccccc2C#N)c1. The number of rotatable bonds is 6. The number of hydrogen-bond donors (Lipinski definition) is 1. The van der Waals surface area contributed by atoms with Crippen molar-refractivity contribution in [1.82, 2.24) is 5.32 Å². The number of nitriles is 1. The van der Waals surface area contributed by atoms with Crippen molar-refractivity contribution in [2.45, 2.75) is 26.3 Å². The van der Waals surface area contributed by atoms with Gasteiger partial charge in [-0.25, -0.2) is 0 Å². The monoisotopic (exact) mass is 280 g/mol. The van der Waals surface area contributed by atoms with E-state index in [9.17, 15) is 0 Å². The maximum Gasteiger partial charge on any atom is 0.145 e. The van der Waals surface area contributed by atoms with E-state index in [2.05, 4.69) is 31.3 Å². The van der Waals surface area contributed by atoms with Gasteiger partial charge >= 0.3 is 0 Å². The Morgan fingerprint density at radius 1 is 1.19 bits per heavy atom. The van der Waals surface area contributed by atoms with E-state index >= 15 is 0 Å². The third kappa shape index (κ3) is 4.08. The Bertz CT molecular complexity index is 631. The molecule has 1 N–H and O–H groups in total. The summed E-state index contributed by atoms with van der Waals surface area (Å²) in [6, 6.07) is 17.7. The lowest BCUT2D eigenvalue weighted by atomic mass is 10.1. The molecule has 3 heteroatoms. The van der Waals surface area contributed by atoms with Crippen molar-refractivity contribution in [3.8, 4) is 17.6 Å². The minimum absolute atomic E-state index is 0.278. The first-order chi connectivity index (χ1) is 10.2. The van der Waals surface area contributed by atoms with Crippen LogP contribution in [0, 0.1) is 11.3 Å². The van der Waals surface area contributed by atoms with Gasteiger partial charge in [-0.3, -0.25) is 0 Å². The van der Waals surface area contributed by atoms with Crippen LogP contribution in [0.15, 0.2) is 48.5 Å². The van der Waals surface area contributed by atoms with Crippen molar-refractivity contribution in [2.24, 2.45) is 0 Å². The van der Waals surface area contributed by atoms with Gasteiger partial charge in [0.1, 0.15) is 17.6 Å². The number of para-hydroxylation sites is 1. The van der Waals surface area contributed by atoms with Gasteiger partial charge < -0.3 is 10.1 Å². The second-order valence-corrected chi connectivity index (χ2v) is 4.96. The molecule has 1 unspecified atom stereocenters. The first kappa shape index (κ1) is 15.1. The number of nitrogens with zero attached hydrogens (tertiary/aromatic N) is 1. The van der Waals surface area contributed by atoms with Crippen LogP contribution in [-0.4, -0.2) is 6.54 Å². The summed E-state index contributed by atoms with van der Waals surface area (Å²) in [5, 5.41) is 12.6.